The maximum absolute atomic E-state index is 6.85. The minimum absolute atomic E-state index is 0.581. The van der Waals surface area contributed by atoms with Crippen LogP contribution in [0.5, 0.6) is 0 Å². The molecule has 0 N–H and O–H groups in total. The van der Waals surface area contributed by atoms with E-state index in [1.807, 2.05) is 54.6 Å². The summed E-state index contributed by atoms with van der Waals surface area (Å²) in [5, 5.41) is 4.37. The zero-order valence-corrected chi connectivity index (χ0v) is 30.2. The van der Waals surface area contributed by atoms with Gasteiger partial charge < -0.3 is 8.98 Å². The van der Waals surface area contributed by atoms with Crippen molar-refractivity contribution >= 4 is 43.7 Å². The molecule has 5 nitrogen and oxygen atoms in total. The normalized spacial score (nSPS) is 11.6. The molecule has 0 aliphatic heterocycles. The van der Waals surface area contributed by atoms with Crippen molar-refractivity contribution in [3.05, 3.63) is 194 Å². The first-order valence-electron chi connectivity index (χ1n) is 18.8. The van der Waals surface area contributed by atoms with Crippen LogP contribution in [-0.4, -0.2) is 19.5 Å². The quantitative estimate of drug-likeness (QED) is 0.172. The summed E-state index contributed by atoms with van der Waals surface area (Å²) in [7, 11) is 0. The van der Waals surface area contributed by atoms with Crippen LogP contribution >= 0.6 is 0 Å². The molecule has 0 unspecified atom stereocenters. The molecule has 5 heteroatoms. The number of fused-ring (bicyclic) bond motifs is 6. The van der Waals surface area contributed by atoms with Gasteiger partial charge >= 0.3 is 0 Å². The fourth-order valence-corrected chi connectivity index (χ4v) is 8.05. The standard InChI is InChI=1S/C51H32N4O/c1-4-15-33(16-5-1)34-27-29-37(30-28-34)50-52-49(36-19-8-3-9-20-36)53-51(54-50)41-23-14-26-46-47(41)43-32-38(31-42(48(43)56-46)35-17-6-2-7-18-35)55-44-24-12-10-21-39(44)40-22-11-13-25-45(40)55/h1-32H. The van der Waals surface area contributed by atoms with Crippen molar-refractivity contribution in [3.8, 4) is 62.1 Å². The van der Waals surface area contributed by atoms with Gasteiger partial charge in [0, 0.05) is 49.5 Å². The zero-order valence-electron chi connectivity index (χ0n) is 30.2. The van der Waals surface area contributed by atoms with E-state index in [4.69, 9.17) is 19.4 Å². The van der Waals surface area contributed by atoms with E-state index in [-0.39, 0.29) is 0 Å². The second kappa shape index (κ2) is 13.0. The van der Waals surface area contributed by atoms with Gasteiger partial charge in [-0.25, -0.2) is 15.0 Å². The van der Waals surface area contributed by atoms with Crippen LogP contribution in [0.25, 0.3) is 106 Å². The van der Waals surface area contributed by atoms with Crippen molar-refractivity contribution in [1.29, 1.82) is 0 Å². The summed E-state index contributed by atoms with van der Waals surface area (Å²) in [6.07, 6.45) is 0. The first-order valence-corrected chi connectivity index (χ1v) is 18.8. The number of benzene rings is 8. The van der Waals surface area contributed by atoms with Gasteiger partial charge in [0.05, 0.1) is 11.0 Å². The molecule has 0 amide bonds. The Kier molecular flexibility index (Phi) is 7.42. The first kappa shape index (κ1) is 31.9. The molecule has 0 spiro atoms. The maximum Gasteiger partial charge on any atom is 0.164 e. The molecule has 3 aromatic heterocycles. The van der Waals surface area contributed by atoms with E-state index in [0.29, 0.717) is 17.5 Å². The lowest BCUT2D eigenvalue weighted by Gasteiger charge is -2.12. The van der Waals surface area contributed by atoms with Crippen molar-refractivity contribution in [2.75, 3.05) is 0 Å². The number of aromatic nitrogens is 4. The van der Waals surface area contributed by atoms with E-state index in [2.05, 4.69) is 144 Å². The van der Waals surface area contributed by atoms with Crippen LogP contribution in [0.4, 0.5) is 0 Å². The highest BCUT2D eigenvalue weighted by atomic mass is 16.3. The molecule has 0 fully saturated rings. The van der Waals surface area contributed by atoms with E-state index in [9.17, 15) is 0 Å². The summed E-state index contributed by atoms with van der Waals surface area (Å²) in [6, 6.07) is 67.3. The van der Waals surface area contributed by atoms with Crippen LogP contribution in [0.1, 0.15) is 0 Å². The van der Waals surface area contributed by atoms with Crippen LogP contribution < -0.4 is 0 Å². The predicted octanol–water partition coefficient (Wildman–Crippen LogP) is 13.2. The highest BCUT2D eigenvalue weighted by Gasteiger charge is 2.22. The Morgan fingerprint density at radius 3 is 1.50 bits per heavy atom. The minimum Gasteiger partial charge on any atom is -0.455 e. The van der Waals surface area contributed by atoms with Crippen LogP contribution in [-0.2, 0) is 0 Å². The van der Waals surface area contributed by atoms with E-state index in [0.717, 1.165) is 77.6 Å². The third-order valence-electron chi connectivity index (χ3n) is 10.7. The molecule has 0 saturated carbocycles. The molecule has 0 saturated heterocycles. The largest absolute Gasteiger partial charge is 0.455 e. The fraction of sp³-hybridized carbons (Fsp3) is 0. The van der Waals surface area contributed by atoms with Crippen molar-refractivity contribution in [1.82, 2.24) is 19.5 Å². The second-order valence-corrected chi connectivity index (χ2v) is 14.0. The van der Waals surface area contributed by atoms with Crippen molar-refractivity contribution in [2.24, 2.45) is 0 Å². The average Bonchev–Trinajstić information content (AvgIpc) is 3.83. The Morgan fingerprint density at radius 1 is 0.357 bits per heavy atom. The van der Waals surface area contributed by atoms with Gasteiger partial charge in [0.1, 0.15) is 11.2 Å². The molecule has 3 heterocycles. The smallest absolute Gasteiger partial charge is 0.164 e. The summed E-state index contributed by atoms with van der Waals surface area (Å²) < 4.78 is 9.22. The summed E-state index contributed by atoms with van der Waals surface area (Å²) in [4.78, 5) is 15.4. The Morgan fingerprint density at radius 2 is 0.857 bits per heavy atom. The van der Waals surface area contributed by atoms with Gasteiger partial charge in [0.2, 0.25) is 0 Å². The molecular weight excluding hydrogens is 685 g/mol. The monoisotopic (exact) mass is 716 g/mol. The molecule has 262 valence electrons. The molecule has 0 aliphatic carbocycles. The molecule has 56 heavy (non-hydrogen) atoms. The zero-order chi connectivity index (χ0) is 37.0. The summed E-state index contributed by atoms with van der Waals surface area (Å²) in [6.45, 7) is 0. The molecule has 0 atom stereocenters. The Balaban J connectivity index is 1.17. The number of hydrogen-bond donors (Lipinski definition) is 0. The number of para-hydroxylation sites is 2. The molecular formula is C51H32N4O. The number of rotatable bonds is 6. The van der Waals surface area contributed by atoms with Crippen LogP contribution in [0, 0.1) is 0 Å². The van der Waals surface area contributed by atoms with E-state index >= 15 is 0 Å². The maximum atomic E-state index is 6.85. The van der Waals surface area contributed by atoms with Crippen LogP contribution in [0.2, 0.25) is 0 Å². The van der Waals surface area contributed by atoms with Crippen molar-refractivity contribution in [3.63, 3.8) is 0 Å². The Bertz CT molecular complexity index is 3170. The van der Waals surface area contributed by atoms with E-state index in [1.165, 1.54) is 10.8 Å². The number of furan rings is 1. The SMILES string of the molecule is c1ccc(-c2ccc(-c3nc(-c4ccccc4)nc(-c4cccc5oc6c(-c7ccccc7)cc(-n7c8ccccc8c8ccccc87)cc6c45)n3)cc2)cc1. The topological polar surface area (TPSA) is 56.7 Å². The van der Waals surface area contributed by atoms with Gasteiger partial charge in [-0.05, 0) is 47.0 Å². The molecule has 11 rings (SSSR count). The van der Waals surface area contributed by atoms with Gasteiger partial charge in [0.15, 0.2) is 17.5 Å². The first-order chi connectivity index (χ1) is 27.8. The number of nitrogens with zero attached hydrogens (tertiary/aromatic N) is 4. The summed E-state index contributed by atoms with van der Waals surface area (Å²) in [5.41, 5.74) is 12.0. The lowest BCUT2D eigenvalue weighted by Crippen LogP contribution is -2.00. The minimum atomic E-state index is 0.581. The number of hydrogen-bond acceptors (Lipinski definition) is 4. The van der Waals surface area contributed by atoms with Gasteiger partial charge in [0.25, 0.3) is 0 Å². The van der Waals surface area contributed by atoms with E-state index in [1.54, 1.807) is 0 Å². The van der Waals surface area contributed by atoms with Gasteiger partial charge in [-0.3, -0.25) is 0 Å². The van der Waals surface area contributed by atoms with E-state index < -0.39 is 0 Å². The third-order valence-corrected chi connectivity index (χ3v) is 10.7. The third kappa shape index (κ3) is 5.29. The van der Waals surface area contributed by atoms with Gasteiger partial charge in [-0.2, -0.15) is 0 Å². The summed E-state index contributed by atoms with van der Waals surface area (Å²) >= 11 is 0. The molecule has 0 aliphatic rings. The molecule has 0 radical (unpaired) electrons. The fourth-order valence-electron chi connectivity index (χ4n) is 8.05. The van der Waals surface area contributed by atoms with Crippen LogP contribution in [0.15, 0.2) is 199 Å². The average molecular weight is 717 g/mol. The highest BCUT2D eigenvalue weighted by molar-refractivity contribution is 6.16. The lowest BCUT2D eigenvalue weighted by atomic mass is 9.99. The summed E-state index contributed by atoms with van der Waals surface area (Å²) in [5.74, 6) is 1.80. The molecule has 11 aromatic rings. The van der Waals surface area contributed by atoms with Crippen LogP contribution in [0.3, 0.4) is 0 Å². The van der Waals surface area contributed by atoms with Gasteiger partial charge in [-0.1, -0.05) is 164 Å². The van der Waals surface area contributed by atoms with Crippen molar-refractivity contribution < 1.29 is 4.42 Å². The highest BCUT2D eigenvalue weighted by Crippen LogP contribution is 2.43. The lowest BCUT2D eigenvalue weighted by molar-refractivity contribution is 0.670. The molecule has 8 aromatic carbocycles. The molecule has 0 bridgehead atoms. The Labute approximate surface area is 322 Å². The Hall–Kier alpha value is -7.63. The predicted molar refractivity (Wildman–Crippen MR) is 229 cm³/mol. The van der Waals surface area contributed by atoms with Gasteiger partial charge in [-0.15, -0.1) is 0 Å². The second-order valence-electron chi connectivity index (χ2n) is 14.0. The van der Waals surface area contributed by atoms with Crippen molar-refractivity contribution in [2.45, 2.75) is 0 Å².